The van der Waals surface area contributed by atoms with Crippen LogP contribution in [0.1, 0.15) is 50.8 Å². The lowest BCUT2D eigenvalue weighted by atomic mass is 9.73. The largest absolute Gasteiger partial charge is 0.355 e. The molecule has 40 heavy (non-hydrogen) atoms. The van der Waals surface area contributed by atoms with Gasteiger partial charge in [-0.15, -0.1) is 0 Å². The van der Waals surface area contributed by atoms with E-state index < -0.39 is 11.0 Å². The average molecular weight is 595 g/mol. The van der Waals surface area contributed by atoms with E-state index >= 15 is 0 Å². The number of aromatic nitrogens is 4. The molecule has 208 valence electrons. The molecule has 1 fully saturated rings. The van der Waals surface area contributed by atoms with Gasteiger partial charge in [-0.2, -0.15) is 0 Å². The van der Waals surface area contributed by atoms with Gasteiger partial charge in [-0.05, 0) is 68.7 Å². The van der Waals surface area contributed by atoms with Crippen molar-refractivity contribution in [2.24, 2.45) is 5.41 Å². The number of piperidine rings is 1. The fourth-order valence-electron chi connectivity index (χ4n) is 5.73. The van der Waals surface area contributed by atoms with Gasteiger partial charge in [-0.3, -0.25) is 4.79 Å². The Balaban J connectivity index is 1.17. The Morgan fingerprint density at radius 1 is 1.10 bits per heavy atom. The molecule has 8 nitrogen and oxygen atoms in total. The van der Waals surface area contributed by atoms with Crippen LogP contribution in [0.4, 0.5) is 5.82 Å². The second-order valence-electron chi connectivity index (χ2n) is 11.5. The number of hydrogen-bond acceptors (Lipinski definition) is 7. The minimum atomic E-state index is -1.16. The van der Waals surface area contributed by atoms with Crippen LogP contribution in [0.3, 0.4) is 0 Å². The SMILES string of the molecule is CC(C)(C)S(=O)N[C@@H]1c2ccccc2CC12CCN(c1cnc(Sc3ccc4nc[nH]c(=O)c4c3Cl)cn1)CC2. The number of nitrogens with zero attached hydrogens (tertiary/aromatic N) is 4. The average Bonchev–Trinajstić information content (AvgIpc) is 3.23. The van der Waals surface area contributed by atoms with Crippen molar-refractivity contribution in [3.8, 4) is 0 Å². The van der Waals surface area contributed by atoms with Gasteiger partial charge in [0.15, 0.2) is 0 Å². The number of rotatable bonds is 5. The maximum Gasteiger partial charge on any atom is 0.260 e. The molecule has 1 aliphatic carbocycles. The number of halogens is 1. The fourth-order valence-corrected chi connectivity index (χ4v) is 7.80. The maximum atomic E-state index is 13.1. The highest BCUT2D eigenvalue weighted by Gasteiger charge is 2.48. The molecule has 4 aromatic rings. The third-order valence-corrected chi connectivity index (χ3v) is 11.0. The van der Waals surface area contributed by atoms with Gasteiger partial charge in [0.25, 0.3) is 5.56 Å². The van der Waals surface area contributed by atoms with Crippen LogP contribution in [-0.2, 0) is 17.4 Å². The van der Waals surface area contributed by atoms with Crippen molar-refractivity contribution >= 4 is 51.1 Å². The number of H-pyrrole nitrogens is 1. The van der Waals surface area contributed by atoms with E-state index in [1.165, 1.54) is 29.2 Å². The second kappa shape index (κ2) is 10.6. The normalized spacial score (nSPS) is 19.2. The first-order valence-electron chi connectivity index (χ1n) is 13.3. The highest BCUT2D eigenvalue weighted by molar-refractivity contribution is 7.99. The van der Waals surface area contributed by atoms with E-state index in [-0.39, 0.29) is 21.8 Å². The van der Waals surface area contributed by atoms with Gasteiger partial charge in [-0.25, -0.2) is 23.9 Å². The van der Waals surface area contributed by atoms with Gasteiger partial charge in [0.1, 0.15) is 10.8 Å². The van der Waals surface area contributed by atoms with Gasteiger partial charge in [0.2, 0.25) is 0 Å². The molecule has 1 saturated heterocycles. The third-order valence-electron chi connectivity index (χ3n) is 7.93. The Bertz CT molecular complexity index is 1650. The summed E-state index contributed by atoms with van der Waals surface area (Å²) in [5, 5.41) is 1.42. The van der Waals surface area contributed by atoms with Crippen LogP contribution in [0.2, 0.25) is 5.02 Å². The van der Waals surface area contributed by atoms with Crippen molar-refractivity contribution in [3.05, 3.63) is 81.6 Å². The van der Waals surface area contributed by atoms with Gasteiger partial charge < -0.3 is 9.88 Å². The number of aromatic amines is 1. The molecule has 0 saturated carbocycles. The molecule has 1 aliphatic heterocycles. The minimum Gasteiger partial charge on any atom is -0.355 e. The van der Waals surface area contributed by atoms with Crippen LogP contribution < -0.4 is 15.2 Å². The first-order valence-corrected chi connectivity index (χ1v) is 15.7. The molecular weight excluding hydrogens is 564 g/mol. The molecule has 2 aromatic carbocycles. The number of anilines is 1. The van der Waals surface area contributed by atoms with E-state index in [0.717, 1.165) is 43.1 Å². The van der Waals surface area contributed by atoms with Gasteiger partial charge >= 0.3 is 0 Å². The van der Waals surface area contributed by atoms with Gasteiger partial charge in [-0.1, -0.05) is 47.6 Å². The van der Waals surface area contributed by atoms with Crippen molar-refractivity contribution < 1.29 is 4.21 Å². The molecule has 0 radical (unpaired) electrons. The monoisotopic (exact) mass is 594 g/mol. The zero-order valence-corrected chi connectivity index (χ0v) is 25.0. The Morgan fingerprint density at radius 3 is 2.60 bits per heavy atom. The first-order chi connectivity index (χ1) is 19.1. The van der Waals surface area contributed by atoms with Crippen LogP contribution in [-0.4, -0.2) is 42.0 Å². The van der Waals surface area contributed by atoms with Crippen molar-refractivity contribution in [1.82, 2.24) is 24.7 Å². The van der Waals surface area contributed by atoms with Gasteiger partial charge in [0, 0.05) is 18.0 Å². The van der Waals surface area contributed by atoms with E-state index in [9.17, 15) is 9.00 Å². The van der Waals surface area contributed by atoms with E-state index in [1.807, 2.05) is 26.8 Å². The van der Waals surface area contributed by atoms with Crippen LogP contribution in [0.15, 0.2) is 69.8 Å². The lowest BCUT2D eigenvalue weighted by Gasteiger charge is -2.44. The second-order valence-corrected chi connectivity index (χ2v) is 14.9. The summed E-state index contributed by atoms with van der Waals surface area (Å²) in [6, 6.07) is 12.3. The van der Waals surface area contributed by atoms with Crippen molar-refractivity contribution in [3.63, 3.8) is 0 Å². The quantitative estimate of drug-likeness (QED) is 0.316. The summed E-state index contributed by atoms with van der Waals surface area (Å²) in [5.41, 5.74) is 2.93. The Morgan fingerprint density at radius 2 is 1.88 bits per heavy atom. The topological polar surface area (TPSA) is 104 Å². The maximum absolute atomic E-state index is 13.1. The Kier molecular flexibility index (Phi) is 7.23. The van der Waals surface area contributed by atoms with Crippen LogP contribution in [0.5, 0.6) is 0 Å². The zero-order chi connectivity index (χ0) is 28.1. The Hall–Kier alpha value is -2.79. The third kappa shape index (κ3) is 5.06. The number of nitrogens with one attached hydrogen (secondary N) is 2. The van der Waals surface area contributed by atoms with Crippen molar-refractivity contribution in [2.75, 3.05) is 18.0 Å². The minimum absolute atomic E-state index is 0.0177. The molecule has 2 aromatic heterocycles. The number of hydrogen-bond donors (Lipinski definition) is 2. The molecule has 0 bridgehead atoms. The summed E-state index contributed by atoms with van der Waals surface area (Å²) in [6.45, 7) is 7.73. The Labute approximate surface area is 245 Å². The van der Waals surface area contributed by atoms with Crippen LogP contribution in [0, 0.1) is 5.41 Å². The standard InChI is InChI=1S/C29H31ClN6O2S2/c1-28(2,3)40(38)35-26-19-7-5-4-6-18(19)14-29(26)10-12-36(13-11-29)22-15-32-23(16-31-22)39-21-9-8-20-24(25(21)30)27(37)34-17-33-20/h4-9,15-17,26,35H,10-14H2,1-3H3,(H,33,34,37)/t26-,40?/m1/s1. The summed E-state index contributed by atoms with van der Waals surface area (Å²) >= 11 is 7.92. The number of benzene rings is 2. The van der Waals surface area contributed by atoms with E-state index in [4.69, 9.17) is 16.6 Å². The molecule has 1 unspecified atom stereocenters. The molecule has 3 heterocycles. The molecule has 2 aliphatic rings. The lowest BCUT2D eigenvalue weighted by Crippen LogP contribution is -2.48. The fraction of sp³-hybridized carbons (Fsp3) is 0.379. The van der Waals surface area contributed by atoms with Crippen LogP contribution in [0.25, 0.3) is 10.9 Å². The zero-order valence-electron chi connectivity index (χ0n) is 22.6. The molecule has 11 heteroatoms. The molecule has 0 amide bonds. The highest BCUT2D eigenvalue weighted by atomic mass is 35.5. The van der Waals surface area contributed by atoms with E-state index in [2.05, 4.69) is 48.8 Å². The molecule has 2 atom stereocenters. The molecular formula is C29H31ClN6O2S2. The summed E-state index contributed by atoms with van der Waals surface area (Å²) in [5.74, 6) is 0.836. The predicted molar refractivity (Wildman–Crippen MR) is 161 cm³/mol. The molecule has 1 spiro atoms. The molecule has 6 rings (SSSR count). The van der Waals surface area contributed by atoms with E-state index in [0.29, 0.717) is 21.0 Å². The predicted octanol–water partition coefficient (Wildman–Crippen LogP) is 5.45. The van der Waals surface area contributed by atoms with Crippen molar-refractivity contribution in [2.45, 2.75) is 60.7 Å². The highest BCUT2D eigenvalue weighted by Crippen LogP contribution is 2.52. The van der Waals surface area contributed by atoms with Crippen molar-refractivity contribution in [1.29, 1.82) is 0 Å². The van der Waals surface area contributed by atoms with E-state index in [1.54, 1.807) is 18.5 Å². The smallest absolute Gasteiger partial charge is 0.260 e. The summed E-state index contributed by atoms with van der Waals surface area (Å²) in [7, 11) is -1.16. The van der Waals surface area contributed by atoms with Crippen LogP contribution >= 0.6 is 23.4 Å². The summed E-state index contributed by atoms with van der Waals surface area (Å²) in [4.78, 5) is 31.4. The summed E-state index contributed by atoms with van der Waals surface area (Å²) in [6.07, 6.45) is 7.85. The number of fused-ring (bicyclic) bond motifs is 2. The first kappa shape index (κ1) is 27.4. The summed E-state index contributed by atoms with van der Waals surface area (Å²) < 4.78 is 16.3. The lowest BCUT2D eigenvalue weighted by molar-refractivity contribution is 0.177. The molecule has 2 N–H and O–H groups in total. The van der Waals surface area contributed by atoms with Gasteiger partial charge in [0.05, 0.1) is 56.4 Å².